The highest BCUT2D eigenvalue weighted by Crippen LogP contribution is 2.00. The smallest absolute Gasteiger partial charge is 0.333 e. The second kappa shape index (κ2) is 5.59. The fraction of sp³-hybridized carbons (Fsp3) is 0.667. The Kier molecular flexibility index (Phi) is 5.11. The number of methoxy groups -OCH3 is 2. The van der Waals surface area contributed by atoms with Gasteiger partial charge >= 0.3 is 11.9 Å². The molecule has 0 aromatic heterocycles. The Hall–Kier alpha value is -1.04. The molecule has 0 aliphatic rings. The molecular formula is C6H9BO5. The van der Waals surface area contributed by atoms with Crippen molar-refractivity contribution in [2.45, 2.75) is 12.5 Å². The van der Waals surface area contributed by atoms with Crippen molar-refractivity contribution in [3.05, 3.63) is 0 Å². The third kappa shape index (κ3) is 3.38. The average molecular weight is 172 g/mol. The van der Waals surface area contributed by atoms with Crippen LogP contribution < -0.4 is 0 Å². The van der Waals surface area contributed by atoms with Gasteiger partial charge in [0.05, 0.1) is 20.6 Å². The number of rotatable bonds is 4. The van der Waals surface area contributed by atoms with Gasteiger partial charge in [-0.15, -0.1) is 0 Å². The fourth-order valence-electron chi connectivity index (χ4n) is 0.553. The van der Waals surface area contributed by atoms with E-state index in [4.69, 9.17) is 8.05 Å². The summed E-state index contributed by atoms with van der Waals surface area (Å²) in [6, 6.07) is 0. The minimum Gasteiger partial charge on any atom is -0.469 e. The van der Waals surface area contributed by atoms with Gasteiger partial charge in [-0.2, -0.15) is 0 Å². The van der Waals surface area contributed by atoms with Gasteiger partial charge in [0.1, 0.15) is 6.10 Å². The standard InChI is InChI=1S/C6H9BO5/c1-10-5(8)3-4(12-7)6(9)11-2/h4H,3H2,1-2H3. The predicted molar refractivity (Wildman–Crippen MR) is 39.3 cm³/mol. The Bertz CT molecular complexity index is 169. The number of hydrogen-bond donors (Lipinski definition) is 0. The quantitative estimate of drug-likeness (QED) is 0.410. The number of carbonyl (C=O) groups excluding carboxylic acids is 2. The Morgan fingerprint density at radius 1 is 1.33 bits per heavy atom. The summed E-state index contributed by atoms with van der Waals surface area (Å²) in [7, 11) is 7.12. The third-order valence-electron chi connectivity index (χ3n) is 1.21. The first-order valence-corrected chi connectivity index (χ1v) is 3.15. The minimum atomic E-state index is -1.09. The molecular weight excluding hydrogens is 163 g/mol. The van der Waals surface area contributed by atoms with Crippen LogP contribution in [0.1, 0.15) is 6.42 Å². The lowest BCUT2D eigenvalue weighted by molar-refractivity contribution is -0.155. The van der Waals surface area contributed by atoms with Crippen LogP contribution in [0.3, 0.4) is 0 Å². The maximum atomic E-state index is 10.8. The molecule has 1 unspecified atom stereocenters. The van der Waals surface area contributed by atoms with Gasteiger partial charge in [-0.05, 0) is 0 Å². The van der Waals surface area contributed by atoms with Crippen molar-refractivity contribution >= 4 is 20.0 Å². The maximum absolute atomic E-state index is 10.8. The number of carbonyl (C=O) groups is 2. The molecule has 0 saturated heterocycles. The van der Waals surface area contributed by atoms with Crippen molar-refractivity contribution in [2.75, 3.05) is 14.2 Å². The predicted octanol–water partition coefficient (Wildman–Crippen LogP) is -0.809. The highest BCUT2D eigenvalue weighted by Gasteiger charge is 2.21. The summed E-state index contributed by atoms with van der Waals surface area (Å²) in [6.45, 7) is 0. The second-order valence-electron chi connectivity index (χ2n) is 1.93. The summed E-state index contributed by atoms with van der Waals surface area (Å²) in [6.07, 6.45) is -1.35. The Morgan fingerprint density at radius 2 is 1.92 bits per heavy atom. The molecule has 0 aliphatic carbocycles. The first-order valence-electron chi connectivity index (χ1n) is 3.15. The van der Waals surface area contributed by atoms with Crippen LogP contribution in [0.4, 0.5) is 0 Å². The molecule has 0 saturated carbocycles. The zero-order valence-corrected chi connectivity index (χ0v) is 6.90. The summed E-state index contributed by atoms with van der Waals surface area (Å²) in [5, 5.41) is 0. The van der Waals surface area contributed by atoms with Crippen LogP contribution in [0.2, 0.25) is 0 Å². The van der Waals surface area contributed by atoms with Gasteiger partial charge in [0, 0.05) is 0 Å². The number of esters is 2. The molecule has 0 aromatic carbocycles. The highest BCUT2D eigenvalue weighted by atomic mass is 16.6. The van der Waals surface area contributed by atoms with Gasteiger partial charge in [0.15, 0.2) is 0 Å². The lowest BCUT2D eigenvalue weighted by atomic mass is 10.2. The van der Waals surface area contributed by atoms with E-state index in [0.29, 0.717) is 0 Å². The summed E-state index contributed by atoms with van der Waals surface area (Å²) in [4.78, 5) is 21.4. The molecule has 0 heterocycles. The molecule has 0 rings (SSSR count). The molecule has 0 fully saturated rings. The average Bonchev–Trinajstić information content (AvgIpc) is 2.12. The van der Waals surface area contributed by atoms with Crippen molar-refractivity contribution in [1.29, 1.82) is 0 Å². The van der Waals surface area contributed by atoms with Gasteiger partial charge in [-0.3, -0.25) is 4.79 Å². The van der Waals surface area contributed by atoms with E-state index in [0.717, 1.165) is 0 Å². The van der Waals surface area contributed by atoms with E-state index in [1.165, 1.54) is 14.2 Å². The van der Waals surface area contributed by atoms with Gasteiger partial charge in [0.25, 0.3) is 8.05 Å². The molecule has 0 aliphatic heterocycles. The third-order valence-corrected chi connectivity index (χ3v) is 1.21. The SMILES string of the molecule is [B]OC(CC(=O)OC)C(=O)OC. The molecule has 0 bridgehead atoms. The molecule has 2 radical (unpaired) electrons. The van der Waals surface area contributed by atoms with Crippen LogP contribution >= 0.6 is 0 Å². The maximum Gasteiger partial charge on any atom is 0.333 e. The summed E-state index contributed by atoms with van der Waals surface area (Å²) < 4.78 is 12.8. The van der Waals surface area contributed by atoms with E-state index in [2.05, 4.69) is 14.1 Å². The van der Waals surface area contributed by atoms with Crippen molar-refractivity contribution < 1.29 is 23.7 Å². The zero-order valence-electron chi connectivity index (χ0n) is 6.90. The Labute approximate surface area is 71.4 Å². The number of hydrogen-bond acceptors (Lipinski definition) is 5. The molecule has 0 N–H and O–H groups in total. The topological polar surface area (TPSA) is 61.8 Å². The summed E-state index contributed by atoms with van der Waals surface area (Å²) in [5.41, 5.74) is 0. The van der Waals surface area contributed by atoms with Gasteiger partial charge in [0.2, 0.25) is 0 Å². The van der Waals surface area contributed by atoms with Gasteiger partial charge in [-0.1, -0.05) is 0 Å². The lowest BCUT2D eigenvalue weighted by Crippen LogP contribution is -2.28. The molecule has 0 amide bonds. The monoisotopic (exact) mass is 172 g/mol. The minimum absolute atomic E-state index is 0.250. The normalized spacial score (nSPS) is 11.8. The van der Waals surface area contributed by atoms with Gasteiger partial charge < -0.3 is 14.1 Å². The Morgan fingerprint density at radius 3 is 2.25 bits per heavy atom. The van der Waals surface area contributed by atoms with Crippen molar-refractivity contribution in [3.63, 3.8) is 0 Å². The highest BCUT2D eigenvalue weighted by molar-refractivity contribution is 6.00. The van der Waals surface area contributed by atoms with E-state index in [-0.39, 0.29) is 6.42 Å². The molecule has 6 heteroatoms. The molecule has 0 spiro atoms. The largest absolute Gasteiger partial charge is 0.469 e. The molecule has 66 valence electrons. The van der Waals surface area contributed by atoms with E-state index in [1.807, 2.05) is 0 Å². The summed E-state index contributed by atoms with van der Waals surface area (Å²) >= 11 is 0. The van der Waals surface area contributed by atoms with Crippen LogP contribution in [-0.4, -0.2) is 40.3 Å². The van der Waals surface area contributed by atoms with Crippen LogP contribution in [0.5, 0.6) is 0 Å². The molecule has 5 nitrogen and oxygen atoms in total. The molecule has 12 heavy (non-hydrogen) atoms. The summed E-state index contributed by atoms with van der Waals surface area (Å²) in [5.74, 6) is -1.29. The van der Waals surface area contributed by atoms with Gasteiger partial charge in [-0.25, -0.2) is 4.79 Å². The van der Waals surface area contributed by atoms with E-state index >= 15 is 0 Å². The van der Waals surface area contributed by atoms with E-state index in [9.17, 15) is 9.59 Å². The molecule has 0 aromatic rings. The lowest BCUT2D eigenvalue weighted by Gasteiger charge is -2.11. The van der Waals surface area contributed by atoms with Crippen LogP contribution in [-0.2, 0) is 23.7 Å². The van der Waals surface area contributed by atoms with Crippen molar-refractivity contribution in [3.8, 4) is 0 Å². The van der Waals surface area contributed by atoms with Crippen LogP contribution in [0.25, 0.3) is 0 Å². The van der Waals surface area contributed by atoms with Crippen molar-refractivity contribution in [2.24, 2.45) is 0 Å². The zero-order chi connectivity index (χ0) is 9.56. The van der Waals surface area contributed by atoms with Crippen LogP contribution in [0.15, 0.2) is 0 Å². The first kappa shape index (κ1) is 11.0. The van der Waals surface area contributed by atoms with Crippen LogP contribution in [0, 0.1) is 0 Å². The first-order chi connectivity index (χ1) is 5.65. The second-order valence-corrected chi connectivity index (χ2v) is 1.93. The molecule has 1 atom stereocenters. The fourth-order valence-corrected chi connectivity index (χ4v) is 0.553. The van der Waals surface area contributed by atoms with E-state index in [1.54, 1.807) is 0 Å². The Balaban J connectivity index is 3.99. The van der Waals surface area contributed by atoms with E-state index < -0.39 is 18.0 Å². The number of ether oxygens (including phenoxy) is 2. The van der Waals surface area contributed by atoms with Crippen molar-refractivity contribution in [1.82, 2.24) is 0 Å².